The zero-order chi connectivity index (χ0) is 13.1. The Labute approximate surface area is 113 Å². The molecular weight excluding hydrogens is 220 g/mol. The molecule has 0 radical (unpaired) electrons. The highest BCUT2D eigenvalue weighted by Crippen LogP contribution is 2.27. The van der Waals surface area contributed by atoms with E-state index < -0.39 is 0 Å². The summed E-state index contributed by atoms with van der Waals surface area (Å²) in [6, 6.07) is 0. The van der Waals surface area contributed by atoms with E-state index in [-0.39, 0.29) is 0 Å². The van der Waals surface area contributed by atoms with Gasteiger partial charge in [-0.3, -0.25) is 0 Å². The Morgan fingerprint density at radius 1 is 0.833 bits per heavy atom. The fourth-order valence-corrected chi connectivity index (χ4v) is 2.51. The average molecular weight is 249 g/mol. The monoisotopic (exact) mass is 249 g/mol. The highest BCUT2D eigenvalue weighted by Gasteiger charge is 2.21. The topological polar surface area (TPSA) is 24.7 Å². The van der Waals surface area contributed by atoms with Gasteiger partial charge in [0, 0.05) is 0 Å². The van der Waals surface area contributed by atoms with Crippen molar-refractivity contribution in [2.45, 2.75) is 78.1 Å². The molecule has 2 heteroatoms. The summed E-state index contributed by atoms with van der Waals surface area (Å²) < 4.78 is 0. The van der Waals surface area contributed by atoms with E-state index in [1.807, 2.05) is 12.4 Å². The van der Waals surface area contributed by atoms with E-state index in [2.05, 4.69) is 23.8 Å². The Hall–Kier alpha value is -0.790. The standard InChI is InChI=1S/C16H29N2/c1-3-5-7-8-9-11-15(10-6-4-2)14-16-17-12-13-18-16/h12-13,15H,3-11,14H2,1-2H3/q+1. The van der Waals surface area contributed by atoms with Gasteiger partial charge in [0.2, 0.25) is 6.17 Å². The van der Waals surface area contributed by atoms with E-state index in [0.29, 0.717) is 0 Å². The highest BCUT2D eigenvalue weighted by atomic mass is 15.0. The summed E-state index contributed by atoms with van der Waals surface area (Å²) in [5.41, 5.74) is 0. The smallest absolute Gasteiger partial charge is 0.0968 e. The van der Waals surface area contributed by atoms with Gasteiger partial charge in [-0.15, -0.1) is 0 Å². The maximum absolute atomic E-state index is 4.31. The summed E-state index contributed by atoms with van der Waals surface area (Å²) in [5.74, 6) is 0.800. The van der Waals surface area contributed by atoms with Crippen molar-refractivity contribution in [3.63, 3.8) is 0 Å². The van der Waals surface area contributed by atoms with Gasteiger partial charge in [-0.2, -0.15) is 0 Å². The fraction of sp³-hybridized carbons (Fsp3) is 0.812. The van der Waals surface area contributed by atoms with Crippen LogP contribution in [0.15, 0.2) is 9.98 Å². The number of unbranched alkanes of at least 4 members (excludes halogenated alkanes) is 5. The summed E-state index contributed by atoms with van der Waals surface area (Å²) in [5, 5.41) is 0. The highest BCUT2D eigenvalue weighted by molar-refractivity contribution is 6.18. The van der Waals surface area contributed by atoms with Crippen LogP contribution in [0.4, 0.5) is 0 Å². The van der Waals surface area contributed by atoms with Crippen LogP contribution in [0.25, 0.3) is 0 Å². The van der Waals surface area contributed by atoms with Gasteiger partial charge >= 0.3 is 0 Å². The van der Waals surface area contributed by atoms with E-state index in [0.717, 1.165) is 18.5 Å². The lowest BCUT2D eigenvalue weighted by Gasteiger charge is -2.15. The molecule has 0 aromatic heterocycles. The first-order valence-electron chi connectivity index (χ1n) is 7.79. The van der Waals surface area contributed by atoms with Crippen LogP contribution < -0.4 is 0 Å². The number of hydrogen-bond acceptors (Lipinski definition) is 2. The van der Waals surface area contributed by atoms with E-state index in [4.69, 9.17) is 0 Å². The maximum Gasteiger partial charge on any atom is 0.240 e. The molecule has 0 fully saturated rings. The minimum absolute atomic E-state index is 0.800. The fourth-order valence-electron chi connectivity index (χ4n) is 2.51. The average Bonchev–Trinajstić information content (AvgIpc) is 2.88. The van der Waals surface area contributed by atoms with Gasteiger partial charge in [0.05, 0.1) is 6.42 Å². The lowest BCUT2D eigenvalue weighted by Crippen LogP contribution is -2.04. The van der Waals surface area contributed by atoms with Crippen molar-refractivity contribution in [1.82, 2.24) is 0 Å². The lowest BCUT2D eigenvalue weighted by atomic mass is 9.91. The first-order valence-corrected chi connectivity index (χ1v) is 7.79. The Morgan fingerprint density at radius 2 is 1.44 bits per heavy atom. The molecule has 0 amide bonds. The molecule has 1 aliphatic heterocycles. The van der Waals surface area contributed by atoms with Gasteiger partial charge in [-0.1, -0.05) is 68.8 Å². The van der Waals surface area contributed by atoms with Crippen LogP contribution in [0.5, 0.6) is 0 Å². The molecule has 0 aliphatic carbocycles. The van der Waals surface area contributed by atoms with Crippen molar-refractivity contribution in [1.29, 1.82) is 0 Å². The predicted molar refractivity (Wildman–Crippen MR) is 81.2 cm³/mol. The molecule has 0 N–H and O–H groups in total. The van der Waals surface area contributed by atoms with Gasteiger partial charge in [-0.25, -0.2) is 0 Å². The molecule has 2 nitrogen and oxygen atoms in total. The first-order chi connectivity index (χ1) is 8.86. The second-order valence-corrected chi connectivity index (χ2v) is 5.39. The number of hydrogen-bond donors (Lipinski definition) is 0. The van der Waals surface area contributed by atoms with Crippen molar-refractivity contribution >= 4 is 12.4 Å². The zero-order valence-electron chi connectivity index (χ0n) is 12.2. The molecule has 1 rings (SSSR count). The molecule has 0 spiro atoms. The van der Waals surface area contributed by atoms with E-state index in [1.54, 1.807) is 0 Å². The van der Waals surface area contributed by atoms with Crippen LogP contribution in [0.2, 0.25) is 0 Å². The second-order valence-electron chi connectivity index (χ2n) is 5.39. The van der Waals surface area contributed by atoms with Crippen molar-refractivity contribution in [3.05, 3.63) is 6.17 Å². The van der Waals surface area contributed by atoms with Crippen molar-refractivity contribution < 1.29 is 0 Å². The Morgan fingerprint density at radius 3 is 2.11 bits per heavy atom. The van der Waals surface area contributed by atoms with Gasteiger partial charge in [0.1, 0.15) is 0 Å². The minimum Gasteiger partial charge on any atom is -0.0968 e. The van der Waals surface area contributed by atoms with Crippen LogP contribution >= 0.6 is 0 Å². The summed E-state index contributed by atoms with van der Waals surface area (Å²) in [4.78, 5) is 8.62. The third kappa shape index (κ3) is 6.83. The van der Waals surface area contributed by atoms with E-state index in [1.165, 1.54) is 57.8 Å². The molecular formula is C16H29N2+. The Kier molecular flexibility index (Phi) is 8.62. The van der Waals surface area contributed by atoms with Gasteiger partial charge in [-0.05, 0) is 18.8 Å². The molecule has 102 valence electrons. The Bertz CT molecular complexity index is 233. The molecule has 18 heavy (non-hydrogen) atoms. The summed E-state index contributed by atoms with van der Waals surface area (Å²) in [6.45, 7) is 4.55. The number of nitrogens with zero attached hydrogens (tertiary/aromatic N) is 2. The minimum atomic E-state index is 0.800. The SMILES string of the molecule is CCCCCCCC(CCCC)C[C+]1N=CC=N1. The van der Waals surface area contributed by atoms with Crippen molar-refractivity contribution in [3.8, 4) is 0 Å². The van der Waals surface area contributed by atoms with Crippen LogP contribution in [-0.2, 0) is 0 Å². The summed E-state index contributed by atoms with van der Waals surface area (Å²) >= 11 is 0. The molecule has 0 aromatic rings. The number of aliphatic imine (C=N–C) groups is 2. The maximum atomic E-state index is 4.31. The van der Waals surface area contributed by atoms with Gasteiger partial charge in [0.15, 0.2) is 12.4 Å². The lowest BCUT2D eigenvalue weighted by molar-refractivity contribution is 0.392. The van der Waals surface area contributed by atoms with Gasteiger partial charge in [0.25, 0.3) is 0 Å². The quantitative estimate of drug-likeness (QED) is 0.356. The van der Waals surface area contributed by atoms with Crippen molar-refractivity contribution in [2.24, 2.45) is 15.9 Å². The van der Waals surface area contributed by atoms with Crippen molar-refractivity contribution in [2.75, 3.05) is 0 Å². The Balaban J connectivity index is 2.17. The summed E-state index contributed by atoms with van der Waals surface area (Å²) in [7, 11) is 0. The van der Waals surface area contributed by atoms with Crippen LogP contribution in [0, 0.1) is 12.1 Å². The van der Waals surface area contributed by atoms with E-state index in [9.17, 15) is 0 Å². The molecule has 0 aromatic carbocycles. The number of rotatable bonds is 11. The van der Waals surface area contributed by atoms with Crippen LogP contribution in [0.3, 0.4) is 0 Å². The first kappa shape index (κ1) is 15.3. The third-order valence-electron chi connectivity index (χ3n) is 3.67. The third-order valence-corrected chi connectivity index (χ3v) is 3.67. The predicted octanol–water partition coefficient (Wildman–Crippen LogP) is 5.19. The van der Waals surface area contributed by atoms with E-state index >= 15 is 0 Å². The molecule has 1 aliphatic rings. The summed E-state index contributed by atoms with van der Waals surface area (Å²) in [6.07, 6.45) is 18.0. The normalized spacial score (nSPS) is 15.6. The molecule has 1 atom stereocenters. The molecule has 0 bridgehead atoms. The molecule has 1 unspecified atom stereocenters. The van der Waals surface area contributed by atoms with Crippen LogP contribution in [0.1, 0.15) is 78.1 Å². The second kappa shape index (κ2) is 10.2. The molecule has 0 saturated carbocycles. The zero-order valence-corrected chi connectivity index (χ0v) is 12.2. The van der Waals surface area contributed by atoms with Gasteiger partial charge < -0.3 is 0 Å². The molecule has 0 saturated heterocycles. The largest absolute Gasteiger partial charge is 0.240 e. The molecule has 1 heterocycles. The van der Waals surface area contributed by atoms with Crippen LogP contribution in [-0.4, -0.2) is 12.4 Å².